The minimum atomic E-state index is 0. The summed E-state index contributed by atoms with van der Waals surface area (Å²) in [4.78, 5) is 14.6. The van der Waals surface area contributed by atoms with E-state index < -0.39 is 0 Å². The van der Waals surface area contributed by atoms with Crippen molar-refractivity contribution in [2.24, 2.45) is 4.99 Å². The first-order chi connectivity index (χ1) is 11.2. The first kappa shape index (κ1) is 19.1. The number of halogens is 1. The summed E-state index contributed by atoms with van der Waals surface area (Å²) < 4.78 is 2.03. The number of nitrogens with one attached hydrogen (secondary N) is 2. The Morgan fingerprint density at radius 2 is 2.12 bits per heavy atom. The van der Waals surface area contributed by atoms with Gasteiger partial charge in [0, 0.05) is 42.7 Å². The average molecular weight is 476 g/mol. The largest absolute Gasteiger partial charge is 0.357 e. The molecule has 2 N–H and O–H groups in total. The Kier molecular flexibility index (Phi) is 7.43. The molecule has 0 spiro atoms. The summed E-state index contributed by atoms with van der Waals surface area (Å²) in [6.45, 7) is 6.31. The van der Waals surface area contributed by atoms with Crippen molar-refractivity contribution in [2.45, 2.75) is 26.8 Å². The molecule has 130 valence electrons. The summed E-state index contributed by atoms with van der Waals surface area (Å²) in [6.07, 6.45) is 4.94. The van der Waals surface area contributed by atoms with Crippen molar-refractivity contribution in [3.63, 3.8) is 0 Å². The zero-order valence-corrected chi connectivity index (χ0v) is 17.6. The Morgan fingerprint density at radius 3 is 2.83 bits per heavy atom. The van der Waals surface area contributed by atoms with Crippen molar-refractivity contribution < 1.29 is 0 Å². The molecule has 0 amide bonds. The topological polar surface area (TPSA) is 66.6 Å². The lowest BCUT2D eigenvalue weighted by atomic mass is 10.3. The van der Waals surface area contributed by atoms with Gasteiger partial charge in [0.1, 0.15) is 0 Å². The van der Waals surface area contributed by atoms with Gasteiger partial charge in [0.25, 0.3) is 0 Å². The van der Waals surface area contributed by atoms with Crippen molar-refractivity contribution in [2.75, 3.05) is 13.1 Å². The number of aryl methyl sites for hydroxylation is 1. The lowest BCUT2D eigenvalue weighted by Crippen LogP contribution is -2.38. The first-order valence-corrected chi connectivity index (χ1v) is 9.35. The molecule has 0 aliphatic rings. The average Bonchev–Trinajstić information content (AvgIpc) is 3.21. The van der Waals surface area contributed by atoms with Gasteiger partial charge in [-0.15, -0.1) is 46.7 Å². The van der Waals surface area contributed by atoms with E-state index in [1.807, 2.05) is 29.1 Å². The predicted octanol–water partition coefficient (Wildman–Crippen LogP) is 3.08. The molecular formula is C15H21IN6S2. The fourth-order valence-corrected chi connectivity index (χ4v) is 3.55. The molecule has 3 aromatic heterocycles. The van der Waals surface area contributed by atoms with Crippen LogP contribution in [0.3, 0.4) is 0 Å². The molecule has 24 heavy (non-hydrogen) atoms. The first-order valence-electron chi connectivity index (χ1n) is 7.59. The number of guanidine groups is 1. The molecule has 6 nitrogen and oxygen atoms in total. The second kappa shape index (κ2) is 9.33. The third-order valence-electron chi connectivity index (χ3n) is 3.23. The molecule has 0 aliphatic carbocycles. The molecule has 3 heterocycles. The molecule has 0 atom stereocenters. The maximum Gasteiger partial charge on any atom is 0.193 e. The van der Waals surface area contributed by atoms with Gasteiger partial charge in [0.05, 0.1) is 22.9 Å². The molecular weight excluding hydrogens is 455 g/mol. The van der Waals surface area contributed by atoms with Crippen molar-refractivity contribution in [3.8, 4) is 0 Å². The second-order valence-electron chi connectivity index (χ2n) is 5.05. The van der Waals surface area contributed by atoms with E-state index in [0.717, 1.165) is 46.8 Å². The fraction of sp³-hybridized carbons (Fsp3) is 0.400. The number of nitrogens with zero attached hydrogens (tertiary/aromatic N) is 4. The molecule has 9 heteroatoms. The van der Waals surface area contributed by atoms with Gasteiger partial charge < -0.3 is 10.6 Å². The summed E-state index contributed by atoms with van der Waals surface area (Å²) >= 11 is 3.32. The van der Waals surface area contributed by atoms with Gasteiger partial charge in [0.2, 0.25) is 0 Å². The van der Waals surface area contributed by atoms with E-state index in [-0.39, 0.29) is 24.0 Å². The number of aliphatic imine (C=N–C) groups is 1. The minimum absolute atomic E-state index is 0. The van der Waals surface area contributed by atoms with Gasteiger partial charge in [-0.05, 0) is 13.8 Å². The number of imidazole rings is 1. The summed E-state index contributed by atoms with van der Waals surface area (Å²) in [5, 5.41) is 11.9. The van der Waals surface area contributed by atoms with Crippen LogP contribution >= 0.6 is 46.7 Å². The van der Waals surface area contributed by atoms with Crippen molar-refractivity contribution >= 4 is 57.6 Å². The van der Waals surface area contributed by atoms with E-state index in [2.05, 4.69) is 37.9 Å². The normalized spacial score (nSPS) is 11.5. The Labute approximate surface area is 166 Å². The Morgan fingerprint density at radius 1 is 1.25 bits per heavy atom. The Hall–Kier alpha value is -1.20. The maximum atomic E-state index is 4.60. The lowest BCUT2D eigenvalue weighted by Gasteiger charge is -2.10. The van der Waals surface area contributed by atoms with Gasteiger partial charge in [-0.25, -0.2) is 15.0 Å². The monoisotopic (exact) mass is 476 g/mol. The van der Waals surface area contributed by atoms with Crippen LogP contribution in [0.5, 0.6) is 0 Å². The lowest BCUT2D eigenvalue weighted by molar-refractivity contribution is 0.788. The van der Waals surface area contributed by atoms with Crippen LogP contribution in [0.1, 0.15) is 23.3 Å². The van der Waals surface area contributed by atoms with E-state index >= 15 is 0 Å². The number of fused-ring (bicyclic) bond motifs is 1. The molecule has 0 radical (unpaired) electrons. The van der Waals surface area contributed by atoms with Crippen molar-refractivity contribution in [3.05, 3.63) is 39.5 Å². The Balaban J connectivity index is 0.00000208. The molecule has 0 saturated heterocycles. The highest BCUT2D eigenvalue weighted by Crippen LogP contribution is 2.11. The summed E-state index contributed by atoms with van der Waals surface area (Å²) in [7, 11) is 0. The smallest absolute Gasteiger partial charge is 0.193 e. The van der Waals surface area contributed by atoms with Crippen LogP contribution in [-0.4, -0.2) is 33.4 Å². The highest BCUT2D eigenvalue weighted by atomic mass is 127. The van der Waals surface area contributed by atoms with E-state index in [0.29, 0.717) is 6.54 Å². The van der Waals surface area contributed by atoms with Crippen LogP contribution in [0.15, 0.2) is 28.1 Å². The number of aromatic nitrogens is 3. The third-order valence-corrected chi connectivity index (χ3v) is 4.82. The van der Waals surface area contributed by atoms with Crippen molar-refractivity contribution in [1.82, 2.24) is 25.0 Å². The van der Waals surface area contributed by atoms with E-state index in [4.69, 9.17) is 0 Å². The van der Waals surface area contributed by atoms with E-state index in [1.165, 1.54) is 0 Å². The van der Waals surface area contributed by atoms with Crippen molar-refractivity contribution in [1.29, 1.82) is 0 Å². The molecule has 0 unspecified atom stereocenters. The third kappa shape index (κ3) is 5.15. The van der Waals surface area contributed by atoms with Gasteiger partial charge in [0.15, 0.2) is 10.9 Å². The zero-order valence-electron chi connectivity index (χ0n) is 13.7. The zero-order chi connectivity index (χ0) is 16.1. The van der Waals surface area contributed by atoms with Gasteiger partial charge in [-0.1, -0.05) is 0 Å². The number of hydrogen-bond acceptors (Lipinski definition) is 5. The van der Waals surface area contributed by atoms with Crippen LogP contribution in [-0.2, 0) is 13.0 Å². The number of rotatable bonds is 6. The SMILES string of the molecule is CCNC(=NCc1cn2ccsc2n1)NCCc1csc(C)n1.I. The second-order valence-corrected chi connectivity index (χ2v) is 6.99. The van der Waals surface area contributed by atoms with Crippen LogP contribution in [0, 0.1) is 6.92 Å². The van der Waals surface area contributed by atoms with Gasteiger partial charge >= 0.3 is 0 Å². The van der Waals surface area contributed by atoms with Crippen LogP contribution in [0.2, 0.25) is 0 Å². The molecule has 3 aromatic rings. The predicted molar refractivity (Wildman–Crippen MR) is 112 cm³/mol. The maximum absolute atomic E-state index is 4.60. The molecule has 0 bridgehead atoms. The standard InChI is InChI=1S/C15H20N6S2.HI/c1-3-16-14(17-5-4-12-10-23-11(2)19-12)18-8-13-9-21-6-7-22-15(21)20-13;/h6-7,9-10H,3-5,8H2,1-2H3,(H2,16,17,18);1H. The van der Waals surface area contributed by atoms with Crippen LogP contribution < -0.4 is 10.6 Å². The molecule has 0 aliphatic heterocycles. The van der Waals surface area contributed by atoms with Gasteiger partial charge in [-0.2, -0.15) is 0 Å². The molecule has 0 aromatic carbocycles. The molecule has 0 fully saturated rings. The number of hydrogen-bond donors (Lipinski definition) is 2. The van der Waals surface area contributed by atoms with Crippen LogP contribution in [0.4, 0.5) is 0 Å². The molecule has 0 saturated carbocycles. The molecule has 3 rings (SSSR count). The highest BCUT2D eigenvalue weighted by Gasteiger charge is 2.03. The highest BCUT2D eigenvalue weighted by molar-refractivity contribution is 14.0. The summed E-state index contributed by atoms with van der Waals surface area (Å²) in [5.74, 6) is 0.816. The summed E-state index contributed by atoms with van der Waals surface area (Å²) in [6, 6.07) is 0. The van der Waals surface area contributed by atoms with Gasteiger partial charge in [-0.3, -0.25) is 4.40 Å². The van der Waals surface area contributed by atoms with E-state index in [1.54, 1.807) is 22.7 Å². The fourth-order valence-electron chi connectivity index (χ4n) is 2.19. The number of thiazole rings is 2. The Bertz CT molecular complexity index is 762. The summed E-state index contributed by atoms with van der Waals surface area (Å²) in [5.41, 5.74) is 2.11. The minimum Gasteiger partial charge on any atom is -0.357 e. The van der Waals surface area contributed by atoms with E-state index in [9.17, 15) is 0 Å². The quantitative estimate of drug-likeness (QED) is 0.326. The van der Waals surface area contributed by atoms with Crippen LogP contribution in [0.25, 0.3) is 4.96 Å².